The number of halogens is 2. The molecule has 7 nitrogen and oxygen atoms in total. The number of nitrogens with one attached hydrogen (secondary N) is 2. The number of alkyl carbamates (subject to hydrolysis) is 1. The smallest absolute Gasteiger partial charge is 0.406 e. The van der Waals surface area contributed by atoms with Crippen LogP contribution in [0.25, 0.3) is 0 Å². The van der Waals surface area contributed by atoms with Crippen LogP contribution in [0.15, 0.2) is 59.5 Å². The van der Waals surface area contributed by atoms with E-state index in [1.165, 1.54) is 23.5 Å². The van der Waals surface area contributed by atoms with Crippen molar-refractivity contribution < 1.29 is 17.9 Å². The molecule has 1 fully saturated rings. The molecule has 1 amide bonds. The van der Waals surface area contributed by atoms with E-state index in [0.29, 0.717) is 23.0 Å². The van der Waals surface area contributed by atoms with E-state index >= 15 is 0 Å². The number of fused-ring (bicyclic) bond motifs is 3. The summed E-state index contributed by atoms with van der Waals surface area (Å²) in [6.45, 7) is 5.00. The first-order valence-electron chi connectivity index (χ1n) is 10.0. The highest BCUT2D eigenvalue weighted by Crippen LogP contribution is 2.51. The monoisotopic (exact) mass is 495 g/mol. The van der Waals surface area contributed by atoms with Crippen molar-refractivity contribution in [3.8, 4) is 0 Å². The molecule has 0 aromatic heterocycles. The summed E-state index contributed by atoms with van der Waals surface area (Å²) in [6, 6.07) is 11.4. The van der Waals surface area contributed by atoms with Gasteiger partial charge in [-0.3, -0.25) is 0 Å². The lowest BCUT2D eigenvalue weighted by atomic mass is 9.67. The molecule has 2 aromatic rings. The molecule has 1 saturated heterocycles. The maximum Gasteiger partial charge on any atom is 0.406 e. The fourth-order valence-corrected chi connectivity index (χ4v) is 6.38. The normalized spacial score (nSPS) is 22.6. The van der Waals surface area contributed by atoms with Crippen LogP contribution in [-0.4, -0.2) is 51.6 Å². The molecular formula is C22H23Cl2N3O4S. The summed E-state index contributed by atoms with van der Waals surface area (Å²) in [6.07, 6.45) is -0.00980. The number of rotatable bonds is 5. The van der Waals surface area contributed by atoms with Gasteiger partial charge >= 0.3 is 6.09 Å². The predicted molar refractivity (Wildman–Crippen MR) is 125 cm³/mol. The third-order valence-electron chi connectivity index (χ3n) is 6.20. The first-order valence-corrected chi connectivity index (χ1v) is 12.2. The van der Waals surface area contributed by atoms with E-state index in [1.807, 2.05) is 12.1 Å². The number of sulfonamides is 1. The number of carbonyl (C=O) groups excluding carboxylic acids is 1. The van der Waals surface area contributed by atoms with Crippen molar-refractivity contribution in [2.24, 2.45) is 0 Å². The molecule has 2 aliphatic rings. The van der Waals surface area contributed by atoms with E-state index < -0.39 is 21.5 Å². The Hall–Kier alpha value is -2.26. The van der Waals surface area contributed by atoms with Gasteiger partial charge < -0.3 is 15.4 Å². The Morgan fingerprint density at radius 1 is 1.25 bits per heavy atom. The van der Waals surface area contributed by atoms with Crippen molar-refractivity contribution in [3.05, 3.63) is 70.2 Å². The summed E-state index contributed by atoms with van der Waals surface area (Å²) in [5.41, 5.74) is 1.97. The average molecular weight is 496 g/mol. The first kappa shape index (κ1) is 22.9. The van der Waals surface area contributed by atoms with Crippen LogP contribution in [0, 0.1) is 0 Å². The molecule has 2 N–H and O–H groups in total. The Labute approximate surface area is 197 Å². The molecule has 4 rings (SSSR count). The molecule has 170 valence electrons. The molecule has 2 atom stereocenters. The number of methoxy groups -OCH3 is 1. The van der Waals surface area contributed by atoms with Crippen molar-refractivity contribution >= 4 is 45.0 Å². The lowest BCUT2D eigenvalue weighted by Gasteiger charge is -2.45. The van der Waals surface area contributed by atoms with Crippen molar-refractivity contribution in [1.82, 2.24) is 9.62 Å². The quantitative estimate of drug-likeness (QED) is 0.611. The molecule has 2 heterocycles. The number of nitrogens with zero attached hydrogens (tertiary/aromatic N) is 1. The lowest BCUT2D eigenvalue weighted by molar-refractivity contribution is 0.169. The second kappa shape index (κ2) is 8.59. The largest absolute Gasteiger partial charge is 0.453 e. The van der Waals surface area contributed by atoms with Crippen LogP contribution in [0.5, 0.6) is 0 Å². The number of carbonyl (C=O) groups is 1. The molecule has 10 heteroatoms. The number of hydrogen-bond acceptors (Lipinski definition) is 5. The van der Waals surface area contributed by atoms with Crippen molar-refractivity contribution in [2.45, 2.75) is 22.8 Å². The van der Waals surface area contributed by atoms with E-state index in [0.717, 1.165) is 16.8 Å². The number of benzene rings is 2. The number of ether oxygens (including phenoxy) is 1. The third-order valence-corrected chi connectivity index (χ3v) is 8.51. The second-order valence-corrected chi connectivity index (χ2v) is 10.7. The summed E-state index contributed by atoms with van der Waals surface area (Å²) < 4.78 is 32.8. The summed E-state index contributed by atoms with van der Waals surface area (Å²) in [4.78, 5) is 11.8. The second-order valence-electron chi connectivity index (χ2n) is 7.88. The fraction of sp³-hybridized carbons (Fsp3) is 0.318. The summed E-state index contributed by atoms with van der Waals surface area (Å²) in [7, 11) is -2.45. The highest BCUT2D eigenvalue weighted by Gasteiger charge is 2.53. The van der Waals surface area contributed by atoms with Crippen LogP contribution in [0.4, 0.5) is 10.5 Å². The van der Waals surface area contributed by atoms with Gasteiger partial charge in [-0.1, -0.05) is 29.8 Å². The van der Waals surface area contributed by atoms with Gasteiger partial charge in [-0.05, 0) is 60.0 Å². The SMILES string of the molecule is C=C1CN(S(=O)(=O)c2ccc(Cl)cc2)CC2Nc3ccc(Cl)cc3[C@]12CCNC(=O)OC. The Kier molecular flexibility index (Phi) is 6.15. The van der Waals surface area contributed by atoms with Gasteiger partial charge in [-0.15, -0.1) is 0 Å². The van der Waals surface area contributed by atoms with Crippen LogP contribution in [-0.2, 0) is 20.2 Å². The predicted octanol–water partition coefficient (Wildman–Crippen LogP) is 4.03. The number of amides is 1. The van der Waals surface area contributed by atoms with Crippen LogP contribution in [0.3, 0.4) is 0 Å². The summed E-state index contributed by atoms with van der Waals surface area (Å²) >= 11 is 12.2. The number of hydrogen-bond donors (Lipinski definition) is 2. The molecule has 1 unspecified atom stereocenters. The van der Waals surface area contributed by atoms with Gasteiger partial charge in [0.2, 0.25) is 10.0 Å². The van der Waals surface area contributed by atoms with Gasteiger partial charge in [-0.25, -0.2) is 13.2 Å². The van der Waals surface area contributed by atoms with E-state index in [2.05, 4.69) is 21.9 Å². The number of anilines is 1. The highest BCUT2D eigenvalue weighted by atomic mass is 35.5. The molecule has 0 bridgehead atoms. The van der Waals surface area contributed by atoms with Gasteiger partial charge in [-0.2, -0.15) is 4.31 Å². The minimum atomic E-state index is -3.75. The fourth-order valence-electron chi connectivity index (χ4n) is 4.63. The third kappa shape index (κ3) is 3.85. The first-order chi connectivity index (χ1) is 15.2. The zero-order valence-corrected chi connectivity index (χ0v) is 19.7. The van der Waals surface area contributed by atoms with Crippen LogP contribution >= 0.6 is 23.2 Å². The number of piperidine rings is 1. The molecule has 0 radical (unpaired) electrons. The Morgan fingerprint density at radius 3 is 2.62 bits per heavy atom. The van der Waals surface area contributed by atoms with Gasteiger partial charge in [0.05, 0.1) is 18.0 Å². The minimum absolute atomic E-state index is 0.146. The standard InChI is InChI=1S/C22H23Cl2N3O4S/c1-14-12-27(32(29,30)17-6-3-15(23)4-7-17)13-20-22(14,9-10-25-21(28)31-2)18-11-16(24)5-8-19(18)26-20/h3-8,11,20,26H,1,9-10,12-13H2,2H3,(H,25,28)/t20?,22-/m0/s1. The van der Waals surface area contributed by atoms with Gasteiger partial charge in [0.25, 0.3) is 0 Å². The van der Waals surface area contributed by atoms with E-state index in [9.17, 15) is 13.2 Å². The van der Waals surface area contributed by atoms with Crippen molar-refractivity contribution in [1.29, 1.82) is 0 Å². The zero-order chi connectivity index (χ0) is 23.1. The van der Waals surface area contributed by atoms with Gasteiger partial charge in [0.15, 0.2) is 0 Å². The maximum atomic E-state index is 13.3. The molecule has 0 aliphatic carbocycles. The van der Waals surface area contributed by atoms with Crippen LogP contribution < -0.4 is 10.6 Å². The van der Waals surface area contributed by atoms with Crippen LogP contribution in [0.2, 0.25) is 10.0 Å². The van der Waals surface area contributed by atoms with Crippen molar-refractivity contribution in [2.75, 3.05) is 32.1 Å². The topological polar surface area (TPSA) is 87.7 Å². The van der Waals surface area contributed by atoms with E-state index in [1.54, 1.807) is 18.2 Å². The van der Waals surface area contributed by atoms with Gasteiger partial charge in [0.1, 0.15) is 0 Å². The van der Waals surface area contributed by atoms with Gasteiger partial charge in [0, 0.05) is 40.8 Å². The molecule has 0 saturated carbocycles. The molecule has 2 aromatic carbocycles. The Bertz CT molecular complexity index is 1170. The molecular weight excluding hydrogens is 473 g/mol. The molecule has 0 spiro atoms. The van der Waals surface area contributed by atoms with E-state index in [4.69, 9.17) is 23.2 Å². The van der Waals surface area contributed by atoms with E-state index in [-0.39, 0.29) is 24.0 Å². The Morgan fingerprint density at radius 2 is 1.94 bits per heavy atom. The highest BCUT2D eigenvalue weighted by molar-refractivity contribution is 7.89. The Balaban J connectivity index is 1.68. The summed E-state index contributed by atoms with van der Waals surface area (Å²) in [5, 5.41) is 7.22. The average Bonchev–Trinajstić information content (AvgIpc) is 3.08. The van der Waals surface area contributed by atoms with Crippen molar-refractivity contribution in [3.63, 3.8) is 0 Å². The zero-order valence-electron chi connectivity index (χ0n) is 17.4. The lowest BCUT2D eigenvalue weighted by Crippen LogP contribution is -2.57. The molecule has 2 aliphatic heterocycles. The minimum Gasteiger partial charge on any atom is -0.453 e. The summed E-state index contributed by atoms with van der Waals surface area (Å²) in [5.74, 6) is 0. The maximum absolute atomic E-state index is 13.3. The van der Waals surface area contributed by atoms with Crippen LogP contribution in [0.1, 0.15) is 12.0 Å². The molecule has 32 heavy (non-hydrogen) atoms.